The first-order valence-electron chi connectivity index (χ1n) is 5.86. The van der Waals surface area contributed by atoms with Gasteiger partial charge in [0.25, 0.3) is 0 Å². The van der Waals surface area contributed by atoms with Crippen LogP contribution in [0.3, 0.4) is 0 Å². The minimum absolute atomic E-state index is 0.313. The molecule has 0 aromatic heterocycles. The smallest absolute Gasteiger partial charge is 0.327 e. The molecule has 0 heterocycles. The van der Waals surface area contributed by atoms with E-state index in [0.29, 0.717) is 25.7 Å². The molecule has 2 fully saturated rings. The second-order valence-corrected chi connectivity index (χ2v) is 7.33. The molecule has 0 bridgehead atoms. The van der Waals surface area contributed by atoms with Crippen molar-refractivity contribution in [3.05, 3.63) is 0 Å². The third-order valence-electron chi connectivity index (χ3n) is 4.00. The quantitative estimate of drug-likeness (QED) is 0.707. The Morgan fingerprint density at radius 3 is 2.12 bits per heavy atom. The van der Waals surface area contributed by atoms with Crippen LogP contribution in [0.2, 0.25) is 0 Å². The molecule has 0 atom stereocenters. The highest BCUT2D eigenvalue weighted by Crippen LogP contribution is 2.45. The lowest BCUT2D eigenvalue weighted by Crippen LogP contribution is -2.55. The maximum Gasteiger partial charge on any atom is 0.327 e. The number of ether oxygens (including phenoxy) is 1. The number of esters is 1. The van der Waals surface area contributed by atoms with Crippen molar-refractivity contribution in [2.45, 2.75) is 54.9 Å². The number of methoxy groups -OCH3 is 1. The average molecular weight is 246 g/mol. The van der Waals surface area contributed by atoms with Crippen molar-refractivity contribution < 1.29 is 17.9 Å². The fraction of sp³-hybridized carbons (Fsp3) is 0.909. The van der Waals surface area contributed by atoms with Gasteiger partial charge in [0.15, 0.2) is 14.6 Å². The summed E-state index contributed by atoms with van der Waals surface area (Å²) in [5, 5.41) is -0.313. The highest BCUT2D eigenvalue weighted by Gasteiger charge is 2.58. The molecule has 0 amide bonds. The molecule has 2 aliphatic carbocycles. The third kappa shape index (κ3) is 1.48. The molecule has 16 heavy (non-hydrogen) atoms. The third-order valence-corrected chi connectivity index (χ3v) is 7.02. The second-order valence-electron chi connectivity index (χ2n) is 4.79. The Kier molecular flexibility index (Phi) is 2.99. The molecule has 2 saturated carbocycles. The van der Waals surface area contributed by atoms with E-state index in [9.17, 15) is 13.2 Å². The van der Waals surface area contributed by atoms with Crippen molar-refractivity contribution in [2.24, 2.45) is 0 Å². The number of hydrogen-bond donors (Lipinski definition) is 0. The van der Waals surface area contributed by atoms with Crippen LogP contribution in [0.25, 0.3) is 0 Å². The number of sulfone groups is 1. The molecular formula is C11H18O4S. The fourth-order valence-corrected chi connectivity index (χ4v) is 5.57. The molecule has 0 aliphatic heterocycles. The highest BCUT2D eigenvalue weighted by atomic mass is 32.2. The Balaban J connectivity index is 2.30. The summed E-state index contributed by atoms with van der Waals surface area (Å²) in [6.45, 7) is 0. The van der Waals surface area contributed by atoms with E-state index in [1.807, 2.05) is 0 Å². The zero-order valence-electron chi connectivity index (χ0n) is 9.57. The first kappa shape index (κ1) is 11.9. The fourth-order valence-electron chi connectivity index (χ4n) is 2.81. The Labute approximate surface area is 96.3 Å². The molecule has 2 aliphatic rings. The largest absolute Gasteiger partial charge is 0.468 e. The van der Waals surface area contributed by atoms with Crippen molar-refractivity contribution in [2.75, 3.05) is 7.11 Å². The van der Waals surface area contributed by atoms with Crippen LogP contribution in [-0.4, -0.2) is 31.5 Å². The molecular weight excluding hydrogens is 228 g/mol. The lowest BCUT2D eigenvalue weighted by atomic mass is 9.84. The molecule has 0 saturated heterocycles. The van der Waals surface area contributed by atoms with Crippen LogP contribution >= 0.6 is 0 Å². The topological polar surface area (TPSA) is 60.4 Å². The monoisotopic (exact) mass is 246 g/mol. The predicted octanol–water partition coefficient (Wildman–Crippen LogP) is 1.44. The highest BCUT2D eigenvalue weighted by molar-refractivity contribution is 7.94. The van der Waals surface area contributed by atoms with E-state index in [1.54, 1.807) is 0 Å². The van der Waals surface area contributed by atoms with Gasteiger partial charge in [0.05, 0.1) is 12.4 Å². The number of carbonyl (C=O) groups excluding carboxylic acids is 1. The summed E-state index contributed by atoms with van der Waals surface area (Å²) in [5.74, 6) is -0.550. The van der Waals surface area contributed by atoms with E-state index in [2.05, 4.69) is 4.74 Å². The second kappa shape index (κ2) is 4.02. The minimum Gasteiger partial charge on any atom is -0.468 e. The zero-order chi connectivity index (χ0) is 11.8. The van der Waals surface area contributed by atoms with Crippen LogP contribution in [-0.2, 0) is 19.4 Å². The Bertz CT molecular complexity index is 375. The van der Waals surface area contributed by atoms with Gasteiger partial charge >= 0.3 is 5.97 Å². The minimum atomic E-state index is -3.35. The normalized spacial score (nSPS) is 25.1. The van der Waals surface area contributed by atoms with Crippen LogP contribution in [0.1, 0.15) is 44.9 Å². The molecule has 0 radical (unpaired) electrons. The zero-order valence-corrected chi connectivity index (χ0v) is 10.4. The molecule has 0 aromatic rings. The van der Waals surface area contributed by atoms with E-state index in [0.717, 1.165) is 19.3 Å². The standard InChI is InChI=1S/C11H18O4S/c1-15-10(12)11(7-4-8-11)16(13,14)9-5-2-3-6-9/h9H,2-8H2,1H3. The number of rotatable bonds is 3. The van der Waals surface area contributed by atoms with E-state index < -0.39 is 20.6 Å². The van der Waals surface area contributed by atoms with E-state index in [1.165, 1.54) is 7.11 Å². The van der Waals surface area contributed by atoms with Crippen molar-refractivity contribution >= 4 is 15.8 Å². The maximum absolute atomic E-state index is 12.4. The molecule has 2 rings (SSSR count). The van der Waals surface area contributed by atoms with Gasteiger partial charge in [0.1, 0.15) is 0 Å². The van der Waals surface area contributed by atoms with E-state index >= 15 is 0 Å². The van der Waals surface area contributed by atoms with Crippen LogP contribution in [0.4, 0.5) is 0 Å². The number of carbonyl (C=O) groups is 1. The van der Waals surface area contributed by atoms with Gasteiger partial charge in [-0.25, -0.2) is 8.42 Å². The van der Waals surface area contributed by atoms with Crippen LogP contribution in [0, 0.1) is 0 Å². The first-order valence-corrected chi connectivity index (χ1v) is 7.41. The summed E-state index contributed by atoms with van der Waals surface area (Å²) in [6, 6.07) is 0. The van der Waals surface area contributed by atoms with Crippen molar-refractivity contribution in [1.82, 2.24) is 0 Å². The number of hydrogen-bond acceptors (Lipinski definition) is 4. The van der Waals surface area contributed by atoms with Gasteiger partial charge in [0.2, 0.25) is 0 Å². The molecule has 0 aromatic carbocycles. The van der Waals surface area contributed by atoms with Crippen molar-refractivity contribution in [1.29, 1.82) is 0 Å². The van der Waals surface area contributed by atoms with Crippen LogP contribution in [0.15, 0.2) is 0 Å². The summed E-state index contributed by atoms with van der Waals surface area (Å²) < 4.78 is 28.4. The van der Waals surface area contributed by atoms with Crippen LogP contribution < -0.4 is 0 Å². The summed E-state index contributed by atoms with van der Waals surface area (Å²) in [4.78, 5) is 11.7. The van der Waals surface area contributed by atoms with Gasteiger partial charge in [-0.1, -0.05) is 12.8 Å². The molecule has 0 unspecified atom stereocenters. The van der Waals surface area contributed by atoms with Gasteiger partial charge < -0.3 is 4.74 Å². The van der Waals surface area contributed by atoms with Gasteiger partial charge in [-0.3, -0.25) is 4.79 Å². The van der Waals surface area contributed by atoms with Crippen molar-refractivity contribution in [3.8, 4) is 0 Å². The predicted molar refractivity (Wildman–Crippen MR) is 59.8 cm³/mol. The van der Waals surface area contributed by atoms with E-state index in [4.69, 9.17) is 0 Å². The molecule has 0 spiro atoms. The average Bonchev–Trinajstić information content (AvgIpc) is 2.68. The summed E-state index contributed by atoms with van der Waals surface area (Å²) in [7, 11) is -2.08. The van der Waals surface area contributed by atoms with Crippen molar-refractivity contribution in [3.63, 3.8) is 0 Å². The van der Waals surface area contributed by atoms with Gasteiger partial charge in [-0.15, -0.1) is 0 Å². The Hall–Kier alpha value is -0.580. The summed E-state index contributed by atoms with van der Waals surface area (Å²) in [5.41, 5.74) is 0. The Morgan fingerprint density at radius 1 is 1.19 bits per heavy atom. The molecule has 0 N–H and O–H groups in total. The van der Waals surface area contributed by atoms with Gasteiger partial charge in [0, 0.05) is 0 Å². The van der Waals surface area contributed by atoms with Gasteiger partial charge in [-0.2, -0.15) is 0 Å². The van der Waals surface area contributed by atoms with E-state index in [-0.39, 0.29) is 5.25 Å². The lowest BCUT2D eigenvalue weighted by molar-refractivity contribution is -0.146. The van der Waals surface area contributed by atoms with Gasteiger partial charge in [-0.05, 0) is 32.1 Å². The summed E-state index contributed by atoms with van der Waals surface area (Å²) >= 11 is 0. The van der Waals surface area contributed by atoms with Crippen LogP contribution in [0.5, 0.6) is 0 Å². The first-order chi connectivity index (χ1) is 7.54. The Morgan fingerprint density at radius 2 is 1.75 bits per heavy atom. The summed E-state index contributed by atoms with van der Waals surface area (Å²) in [6.07, 6.45) is 5.03. The molecule has 5 heteroatoms. The SMILES string of the molecule is COC(=O)C1(S(=O)(=O)C2CCCC2)CCC1. The molecule has 4 nitrogen and oxygen atoms in total. The lowest BCUT2D eigenvalue weighted by Gasteiger charge is -2.39. The maximum atomic E-state index is 12.4. The molecule has 92 valence electrons.